The van der Waals surface area contributed by atoms with E-state index in [1.165, 1.54) is 0 Å². The van der Waals surface area contributed by atoms with E-state index in [1.807, 2.05) is 0 Å². The van der Waals surface area contributed by atoms with E-state index < -0.39 is 11.8 Å². The van der Waals surface area contributed by atoms with Crippen LogP contribution in [0.3, 0.4) is 0 Å². The fourth-order valence-corrected chi connectivity index (χ4v) is 1.45. The lowest BCUT2D eigenvalue weighted by Gasteiger charge is -2.01. The molecule has 96 valence electrons. The molecule has 1 rings (SSSR count). The van der Waals surface area contributed by atoms with Crippen molar-refractivity contribution in [1.82, 2.24) is 0 Å². The number of hydrogen-bond donors (Lipinski definition) is 0. The summed E-state index contributed by atoms with van der Waals surface area (Å²) in [5.74, 6) is -1.77. The standard InChI is InChI=1S/C13H13ClO4/c1-2-18-13(17)12(16)8-7-11(15)9-3-5-10(14)6-4-9/h3-6H,2,7-8H2,1H3. The quantitative estimate of drug-likeness (QED) is 0.452. The maximum absolute atomic E-state index is 11.7. The van der Waals surface area contributed by atoms with Crippen LogP contribution < -0.4 is 0 Å². The van der Waals surface area contributed by atoms with Crippen LogP contribution in [0.1, 0.15) is 30.1 Å². The van der Waals surface area contributed by atoms with E-state index in [4.69, 9.17) is 11.6 Å². The number of esters is 1. The molecule has 0 spiro atoms. The van der Waals surface area contributed by atoms with E-state index >= 15 is 0 Å². The van der Waals surface area contributed by atoms with Crippen LogP contribution in [0.15, 0.2) is 24.3 Å². The largest absolute Gasteiger partial charge is 0.460 e. The predicted octanol–water partition coefficient (Wildman–Crippen LogP) is 2.44. The molecule has 5 heteroatoms. The maximum atomic E-state index is 11.7. The second-order valence-electron chi connectivity index (χ2n) is 3.57. The number of ether oxygens (including phenoxy) is 1. The number of ketones is 2. The molecule has 0 saturated heterocycles. The molecule has 0 fully saturated rings. The van der Waals surface area contributed by atoms with Crippen molar-refractivity contribution >= 4 is 29.1 Å². The lowest BCUT2D eigenvalue weighted by atomic mass is 10.1. The van der Waals surface area contributed by atoms with E-state index in [0.717, 1.165) is 0 Å². The molecule has 0 aliphatic carbocycles. The number of Topliss-reactive ketones (excluding diaryl/α,β-unsaturated/α-hetero) is 2. The van der Waals surface area contributed by atoms with Crippen molar-refractivity contribution in [1.29, 1.82) is 0 Å². The first-order valence-electron chi connectivity index (χ1n) is 5.53. The minimum Gasteiger partial charge on any atom is -0.460 e. The smallest absolute Gasteiger partial charge is 0.374 e. The Kier molecular flexibility index (Phi) is 5.52. The summed E-state index contributed by atoms with van der Waals surface area (Å²) in [5, 5.41) is 0.536. The van der Waals surface area contributed by atoms with Crippen LogP contribution >= 0.6 is 11.6 Å². The molecule has 0 saturated carbocycles. The second kappa shape index (κ2) is 6.91. The van der Waals surface area contributed by atoms with Crippen molar-refractivity contribution < 1.29 is 19.1 Å². The highest BCUT2D eigenvalue weighted by Crippen LogP contribution is 2.12. The van der Waals surface area contributed by atoms with Crippen LogP contribution in [0.25, 0.3) is 0 Å². The first kappa shape index (κ1) is 14.4. The Morgan fingerprint density at radius 1 is 1.11 bits per heavy atom. The van der Waals surface area contributed by atoms with Gasteiger partial charge in [-0.05, 0) is 31.2 Å². The van der Waals surface area contributed by atoms with Crippen LogP contribution in [0.5, 0.6) is 0 Å². The lowest BCUT2D eigenvalue weighted by Crippen LogP contribution is -2.18. The van der Waals surface area contributed by atoms with Gasteiger partial charge in [-0.3, -0.25) is 9.59 Å². The summed E-state index contributed by atoms with van der Waals surface area (Å²) in [7, 11) is 0. The van der Waals surface area contributed by atoms with Crippen LogP contribution in [0.2, 0.25) is 5.02 Å². The highest BCUT2D eigenvalue weighted by atomic mass is 35.5. The molecular weight excluding hydrogens is 256 g/mol. The third kappa shape index (κ3) is 4.30. The van der Waals surface area contributed by atoms with E-state index in [-0.39, 0.29) is 25.2 Å². The van der Waals surface area contributed by atoms with Gasteiger partial charge in [-0.25, -0.2) is 4.79 Å². The minimum absolute atomic E-state index is 0.0146. The van der Waals surface area contributed by atoms with Crippen LogP contribution in [0.4, 0.5) is 0 Å². The van der Waals surface area contributed by atoms with E-state index in [9.17, 15) is 14.4 Å². The second-order valence-corrected chi connectivity index (χ2v) is 4.01. The monoisotopic (exact) mass is 268 g/mol. The van der Waals surface area contributed by atoms with Gasteiger partial charge in [0.2, 0.25) is 5.78 Å². The van der Waals surface area contributed by atoms with Gasteiger partial charge in [-0.15, -0.1) is 0 Å². The van der Waals surface area contributed by atoms with Crippen molar-refractivity contribution in [3.05, 3.63) is 34.9 Å². The van der Waals surface area contributed by atoms with Gasteiger partial charge in [0.15, 0.2) is 5.78 Å². The third-order valence-electron chi connectivity index (χ3n) is 2.25. The first-order valence-corrected chi connectivity index (χ1v) is 5.91. The fourth-order valence-electron chi connectivity index (χ4n) is 1.32. The molecule has 0 aliphatic rings. The van der Waals surface area contributed by atoms with Crippen LogP contribution in [-0.4, -0.2) is 24.1 Å². The van der Waals surface area contributed by atoms with E-state index in [0.29, 0.717) is 10.6 Å². The van der Waals surface area contributed by atoms with Crippen molar-refractivity contribution in [2.24, 2.45) is 0 Å². The molecule has 1 aromatic rings. The van der Waals surface area contributed by atoms with Gasteiger partial charge in [-0.2, -0.15) is 0 Å². The molecule has 0 heterocycles. The topological polar surface area (TPSA) is 60.4 Å². The van der Waals surface area contributed by atoms with Crippen molar-refractivity contribution in [3.8, 4) is 0 Å². The highest BCUT2D eigenvalue weighted by molar-refractivity contribution is 6.34. The Hall–Kier alpha value is -1.68. The van der Waals surface area contributed by atoms with Crippen LogP contribution in [0, 0.1) is 0 Å². The summed E-state index contributed by atoms with van der Waals surface area (Å²) in [6.45, 7) is 1.76. The first-order chi connectivity index (χ1) is 8.54. The average molecular weight is 269 g/mol. The molecule has 0 bridgehead atoms. The lowest BCUT2D eigenvalue weighted by molar-refractivity contribution is -0.153. The van der Waals surface area contributed by atoms with Crippen molar-refractivity contribution in [2.75, 3.05) is 6.61 Å². The molecule has 4 nitrogen and oxygen atoms in total. The van der Waals surface area contributed by atoms with E-state index in [2.05, 4.69) is 4.74 Å². The predicted molar refractivity (Wildman–Crippen MR) is 66.7 cm³/mol. The summed E-state index contributed by atoms with van der Waals surface area (Å²) in [4.78, 5) is 34.0. The number of halogens is 1. The number of benzene rings is 1. The molecule has 0 N–H and O–H groups in total. The van der Waals surface area contributed by atoms with E-state index in [1.54, 1.807) is 31.2 Å². The molecule has 18 heavy (non-hydrogen) atoms. The fraction of sp³-hybridized carbons (Fsp3) is 0.308. The highest BCUT2D eigenvalue weighted by Gasteiger charge is 2.16. The number of carbonyl (C=O) groups excluding carboxylic acids is 3. The van der Waals surface area contributed by atoms with Gasteiger partial charge in [-0.1, -0.05) is 11.6 Å². The number of hydrogen-bond acceptors (Lipinski definition) is 4. The average Bonchev–Trinajstić information content (AvgIpc) is 2.36. The Labute approximate surface area is 110 Å². The molecule has 0 atom stereocenters. The van der Waals surface area contributed by atoms with Crippen molar-refractivity contribution in [3.63, 3.8) is 0 Å². The number of carbonyl (C=O) groups is 3. The summed E-state index contributed by atoms with van der Waals surface area (Å²) >= 11 is 5.69. The Balaban J connectivity index is 2.49. The van der Waals surface area contributed by atoms with Gasteiger partial charge in [0.25, 0.3) is 0 Å². The zero-order valence-electron chi connectivity index (χ0n) is 9.94. The molecular formula is C13H13ClO4. The Morgan fingerprint density at radius 3 is 2.28 bits per heavy atom. The Bertz CT molecular complexity index is 451. The summed E-state index contributed by atoms with van der Waals surface area (Å²) in [6.07, 6.45) is -0.153. The van der Waals surface area contributed by atoms with Gasteiger partial charge in [0.05, 0.1) is 6.61 Å². The summed E-state index contributed by atoms with van der Waals surface area (Å²) in [6, 6.07) is 6.36. The van der Waals surface area contributed by atoms with Gasteiger partial charge in [0, 0.05) is 23.4 Å². The minimum atomic E-state index is -0.888. The molecule has 0 aromatic heterocycles. The summed E-state index contributed by atoms with van der Waals surface area (Å²) < 4.78 is 4.54. The van der Waals surface area contributed by atoms with Gasteiger partial charge in [0.1, 0.15) is 0 Å². The van der Waals surface area contributed by atoms with Gasteiger partial charge >= 0.3 is 5.97 Å². The normalized spacial score (nSPS) is 9.89. The molecule has 0 aliphatic heterocycles. The Morgan fingerprint density at radius 2 is 1.72 bits per heavy atom. The molecule has 0 unspecified atom stereocenters. The summed E-state index contributed by atoms with van der Waals surface area (Å²) in [5.41, 5.74) is 0.469. The van der Waals surface area contributed by atoms with Crippen molar-refractivity contribution in [2.45, 2.75) is 19.8 Å². The van der Waals surface area contributed by atoms with Crippen LogP contribution in [-0.2, 0) is 14.3 Å². The zero-order valence-corrected chi connectivity index (χ0v) is 10.7. The van der Waals surface area contributed by atoms with Gasteiger partial charge < -0.3 is 4.74 Å². The SMILES string of the molecule is CCOC(=O)C(=O)CCC(=O)c1ccc(Cl)cc1. The number of rotatable bonds is 6. The zero-order chi connectivity index (χ0) is 13.5. The maximum Gasteiger partial charge on any atom is 0.374 e. The molecule has 1 aromatic carbocycles. The molecule has 0 amide bonds. The third-order valence-corrected chi connectivity index (χ3v) is 2.50. The molecule has 0 radical (unpaired) electrons.